The third kappa shape index (κ3) is 4.97. The Bertz CT molecular complexity index is 774. The molecule has 7 nitrogen and oxygen atoms in total. The molecule has 7 heteroatoms. The molecule has 2 N–H and O–H groups in total. The zero-order valence-corrected chi connectivity index (χ0v) is 15.4. The Labute approximate surface area is 158 Å². The lowest BCUT2D eigenvalue weighted by molar-refractivity contribution is -0.136. The number of piperidine rings is 1. The van der Waals surface area contributed by atoms with E-state index in [-0.39, 0.29) is 0 Å². The molecule has 27 heavy (non-hydrogen) atoms. The first-order valence-corrected chi connectivity index (χ1v) is 9.05. The van der Waals surface area contributed by atoms with Gasteiger partial charge in [0.25, 0.3) is 0 Å². The average Bonchev–Trinajstić information content (AvgIpc) is 2.73. The molecule has 1 aromatic carbocycles. The third-order valence-corrected chi connectivity index (χ3v) is 4.70. The van der Waals surface area contributed by atoms with Crippen LogP contribution in [0.1, 0.15) is 12.8 Å². The number of pyridine rings is 1. The van der Waals surface area contributed by atoms with Gasteiger partial charge in [0.1, 0.15) is 11.6 Å². The first-order chi connectivity index (χ1) is 13.2. The molecule has 2 heterocycles. The van der Waals surface area contributed by atoms with Crippen LogP contribution in [0, 0.1) is 5.92 Å². The van der Waals surface area contributed by atoms with Crippen molar-refractivity contribution in [2.24, 2.45) is 5.92 Å². The normalized spacial score (nSPS) is 14.5. The molecule has 0 spiro atoms. The van der Waals surface area contributed by atoms with E-state index in [0.717, 1.165) is 31.7 Å². The number of methoxy groups -OCH3 is 1. The van der Waals surface area contributed by atoms with E-state index >= 15 is 0 Å². The highest BCUT2D eigenvalue weighted by Crippen LogP contribution is 2.23. The topological polar surface area (TPSA) is 83.6 Å². The van der Waals surface area contributed by atoms with Crippen molar-refractivity contribution in [3.8, 4) is 5.75 Å². The Morgan fingerprint density at radius 3 is 2.56 bits per heavy atom. The number of para-hydroxylation sites is 2. The van der Waals surface area contributed by atoms with Crippen molar-refractivity contribution in [1.29, 1.82) is 0 Å². The molecule has 0 saturated carbocycles. The van der Waals surface area contributed by atoms with Gasteiger partial charge in [-0.15, -0.1) is 0 Å². The van der Waals surface area contributed by atoms with Crippen molar-refractivity contribution < 1.29 is 14.3 Å². The highest BCUT2D eigenvalue weighted by Gasteiger charge is 2.22. The monoisotopic (exact) mass is 368 g/mol. The number of anilines is 2. The molecule has 1 saturated heterocycles. The number of carbonyl (C=O) groups excluding carboxylic acids is 2. The van der Waals surface area contributed by atoms with Crippen LogP contribution in [0.4, 0.5) is 11.5 Å². The summed E-state index contributed by atoms with van der Waals surface area (Å²) in [5, 5.41) is 5.32. The second kappa shape index (κ2) is 9.02. The maximum absolute atomic E-state index is 12.1. The van der Waals surface area contributed by atoms with Gasteiger partial charge in [0.05, 0.1) is 12.8 Å². The third-order valence-electron chi connectivity index (χ3n) is 4.70. The number of benzene rings is 1. The second-order valence-corrected chi connectivity index (χ2v) is 6.48. The van der Waals surface area contributed by atoms with Crippen molar-refractivity contribution in [2.45, 2.75) is 12.8 Å². The van der Waals surface area contributed by atoms with Crippen LogP contribution in [0.2, 0.25) is 0 Å². The summed E-state index contributed by atoms with van der Waals surface area (Å²) in [4.78, 5) is 30.8. The molecule has 1 aromatic heterocycles. The summed E-state index contributed by atoms with van der Waals surface area (Å²) in [6.45, 7) is 2.28. The van der Waals surface area contributed by atoms with Gasteiger partial charge in [0, 0.05) is 25.8 Å². The largest absolute Gasteiger partial charge is 0.495 e. The number of ether oxygens (including phenoxy) is 1. The Kier molecular flexibility index (Phi) is 6.25. The average molecular weight is 368 g/mol. The van der Waals surface area contributed by atoms with Crippen LogP contribution in [0.25, 0.3) is 0 Å². The maximum atomic E-state index is 12.1. The number of nitrogens with zero attached hydrogens (tertiary/aromatic N) is 2. The van der Waals surface area contributed by atoms with E-state index in [9.17, 15) is 9.59 Å². The number of hydrogen-bond donors (Lipinski definition) is 2. The molecule has 2 amide bonds. The fourth-order valence-electron chi connectivity index (χ4n) is 3.15. The number of amides is 2. The zero-order valence-electron chi connectivity index (χ0n) is 15.4. The van der Waals surface area contributed by atoms with Crippen molar-refractivity contribution in [3.63, 3.8) is 0 Å². The molecule has 3 rings (SSSR count). The zero-order chi connectivity index (χ0) is 19.1. The van der Waals surface area contributed by atoms with Crippen molar-refractivity contribution in [2.75, 3.05) is 37.0 Å². The molecule has 2 aromatic rings. The van der Waals surface area contributed by atoms with Gasteiger partial charge in [-0.2, -0.15) is 0 Å². The van der Waals surface area contributed by atoms with Crippen molar-refractivity contribution >= 4 is 23.3 Å². The van der Waals surface area contributed by atoms with Gasteiger partial charge in [0.15, 0.2) is 0 Å². The Morgan fingerprint density at radius 2 is 1.85 bits per heavy atom. The summed E-state index contributed by atoms with van der Waals surface area (Å²) < 4.78 is 5.17. The van der Waals surface area contributed by atoms with Gasteiger partial charge in [0.2, 0.25) is 0 Å². The minimum absolute atomic E-state index is 0.355. The minimum atomic E-state index is -0.689. The van der Waals surface area contributed by atoms with Gasteiger partial charge in [-0.3, -0.25) is 9.59 Å². The summed E-state index contributed by atoms with van der Waals surface area (Å²) in [5.41, 5.74) is 0.476. The molecule has 0 atom stereocenters. The lowest BCUT2D eigenvalue weighted by atomic mass is 9.97. The molecule has 0 radical (unpaired) electrons. The van der Waals surface area contributed by atoms with E-state index in [0.29, 0.717) is 23.9 Å². The Balaban J connectivity index is 1.43. The van der Waals surface area contributed by atoms with E-state index in [1.54, 1.807) is 30.5 Å². The van der Waals surface area contributed by atoms with Crippen LogP contribution in [0.5, 0.6) is 5.75 Å². The van der Waals surface area contributed by atoms with Gasteiger partial charge < -0.3 is 20.3 Å². The number of hydrogen-bond acceptors (Lipinski definition) is 5. The summed E-state index contributed by atoms with van der Waals surface area (Å²) in [7, 11) is 1.52. The van der Waals surface area contributed by atoms with Gasteiger partial charge >= 0.3 is 11.8 Å². The number of aromatic nitrogens is 1. The molecular weight excluding hydrogens is 344 g/mol. The fourth-order valence-corrected chi connectivity index (χ4v) is 3.15. The van der Waals surface area contributed by atoms with Crippen LogP contribution >= 0.6 is 0 Å². The summed E-state index contributed by atoms with van der Waals surface area (Å²) >= 11 is 0. The van der Waals surface area contributed by atoms with Crippen molar-refractivity contribution in [3.05, 3.63) is 48.7 Å². The maximum Gasteiger partial charge on any atom is 0.313 e. The Morgan fingerprint density at radius 1 is 1.11 bits per heavy atom. The highest BCUT2D eigenvalue weighted by atomic mass is 16.5. The summed E-state index contributed by atoms with van der Waals surface area (Å²) in [6, 6.07) is 12.9. The second-order valence-electron chi connectivity index (χ2n) is 6.48. The minimum Gasteiger partial charge on any atom is -0.495 e. The van der Waals surface area contributed by atoms with Gasteiger partial charge in [-0.25, -0.2) is 4.98 Å². The van der Waals surface area contributed by atoms with Gasteiger partial charge in [-0.1, -0.05) is 18.2 Å². The van der Waals surface area contributed by atoms with E-state index in [1.165, 1.54) is 7.11 Å². The predicted octanol–water partition coefficient (Wildman–Crippen LogP) is 2.06. The first-order valence-electron chi connectivity index (χ1n) is 9.05. The van der Waals surface area contributed by atoms with E-state index in [1.807, 2.05) is 18.2 Å². The van der Waals surface area contributed by atoms with Crippen LogP contribution in [0.3, 0.4) is 0 Å². The summed E-state index contributed by atoms with van der Waals surface area (Å²) in [6.07, 6.45) is 3.69. The van der Waals surface area contributed by atoms with E-state index in [2.05, 4.69) is 20.5 Å². The standard InChI is InChI=1S/C20H24N4O3/c1-27-17-7-3-2-6-16(17)23-20(26)19(25)22-14-15-9-12-24(13-10-15)18-8-4-5-11-21-18/h2-8,11,15H,9-10,12-14H2,1H3,(H,22,25)(H,23,26). The fraction of sp³-hybridized carbons (Fsp3) is 0.350. The first kappa shape index (κ1) is 18.7. The molecule has 0 unspecified atom stereocenters. The molecule has 0 aliphatic carbocycles. The number of rotatable bonds is 5. The predicted molar refractivity (Wildman–Crippen MR) is 104 cm³/mol. The lowest BCUT2D eigenvalue weighted by Crippen LogP contribution is -2.42. The smallest absolute Gasteiger partial charge is 0.313 e. The van der Waals surface area contributed by atoms with Crippen LogP contribution in [-0.2, 0) is 9.59 Å². The highest BCUT2D eigenvalue weighted by molar-refractivity contribution is 6.39. The van der Waals surface area contributed by atoms with Crippen LogP contribution in [-0.4, -0.2) is 43.5 Å². The number of nitrogens with one attached hydrogen (secondary N) is 2. The van der Waals surface area contributed by atoms with Crippen LogP contribution in [0.15, 0.2) is 48.7 Å². The molecule has 142 valence electrons. The van der Waals surface area contributed by atoms with Gasteiger partial charge in [-0.05, 0) is 43.0 Å². The lowest BCUT2D eigenvalue weighted by Gasteiger charge is -2.32. The molecule has 1 aliphatic rings. The molecule has 1 fully saturated rings. The van der Waals surface area contributed by atoms with Crippen molar-refractivity contribution in [1.82, 2.24) is 10.3 Å². The van der Waals surface area contributed by atoms with Crippen LogP contribution < -0.4 is 20.3 Å². The van der Waals surface area contributed by atoms with E-state index < -0.39 is 11.8 Å². The number of carbonyl (C=O) groups is 2. The molecule has 1 aliphatic heterocycles. The summed E-state index contributed by atoms with van der Waals surface area (Å²) in [5.74, 6) is 0.531. The molecular formula is C20H24N4O3. The quantitative estimate of drug-likeness (QED) is 0.790. The van der Waals surface area contributed by atoms with E-state index in [4.69, 9.17) is 4.74 Å². The SMILES string of the molecule is COc1ccccc1NC(=O)C(=O)NCC1CCN(c2ccccn2)CC1. The Hall–Kier alpha value is -3.09. The molecule has 0 bridgehead atoms.